The summed E-state index contributed by atoms with van der Waals surface area (Å²) in [4.78, 5) is 23.1. The average molecular weight is 281 g/mol. The molecule has 7 heteroatoms. The molecule has 0 saturated carbocycles. The highest BCUT2D eigenvalue weighted by molar-refractivity contribution is 6.36. The van der Waals surface area contributed by atoms with Gasteiger partial charge in [-0.25, -0.2) is 4.52 Å². The van der Waals surface area contributed by atoms with E-state index in [1.165, 1.54) is 4.52 Å². The summed E-state index contributed by atoms with van der Waals surface area (Å²) in [5.74, 6) is -0.726. The van der Waals surface area contributed by atoms with E-state index >= 15 is 0 Å². The van der Waals surface area contributed by atoms with Crippen LogP contribution in [0.1, 0.15) is 17.4 Å². The van der Waals surface area contributed by atoms with Crippen molar-refractivity contribution in [2.45, 2.75) is 6.92 Å². The van der Waals surface area contributed by atoms with Crippen LogP contribution in [0.3, 0.4) is 0 Å². The van der Waals surface area contributed by atoms with Crippen LogP contribution in [-0.2, 0) is 4.79 Å². The summed E-state index contributed by atoms with van der Waals surface area (Å²) in [6.07, 6.45) is 1.70. The third-order valence-electron chi connectivity index (χ3n) is 2.48. The maximum Gasteiger partial charge on any atom is 0.273 e. The topological polar surface area (TPSA) is 75.5 Å². The largest absolute Gasteiger partial charge is 0.355 e. The molecule has 6 nitrogen and oxygen atoms in total. The van der Waals surface area contributed by atoms with Crippen molar-refractivity contribution in [2.24, 2.45) is 0 Å². The van der Waals surface area contributed by atoms with E-state index in [1.54, 1.807) is 31.3 Å². The molecule has 19 heavy (non-hydrogen) atoms. The normalized spacial score (nSPS) is 10.4. The number of aromatic nitrogens is 2. The fourth-order valence-corrected chi connectivity index (χ4v) is 1.89. The van der Waals surface area contributed by atoms with Crippen LogP contribution in [0.15, 0.2) is 24.4 Å². The molecule has 0 spiro atoms. The predicted molar refractivity (Wildman–Crippen MR) is 71.2 cm³/mol. The monoisotopic (exact) mass is 280 g/mol. The van der Waals surface area contributed by atoms with Gasteiger partial charge in [0.05, 0.1) is 17.1 Å². The number of hydrogen-bond acceptors (Lipinski definition) is 3. The van der Waals surface area contributed by atoms with E-state index in [1.807, 2.05) is 0 Å². The molecule has 2 heterocycles. The molecule has 100 valence electrons. The highest BCUT2D eigenvalue weighted by Gasteiger charge is 2.17. The van der Waals surface area contributed by atoms with Crippen LogP contribution < -0.4 is 10.6 Å². The molecule has 0 saturated heterocycles. The maximum absolute atomic E-state index is 11.9. The zero-order valence-electron chi connectivity index (χ0n) is 10.3. The Hall–Kier alpha value is -2.08. The van der Waals surface area contributed by atoms with Crippen LogP contribution in [0, 0.1) is 0 Å². The summed E-state index contributed by atoms with van der Waals surface area (Å²) in [6.45, 7) is 2.22. The minimum absolute atomic E-state index is 0.100. The van der Waals surface area contributed by atoms with Crippen molar-refractivity contribution in [1.82, 2.24) is 20.2 Å². The van der Waals surface area contributed by atoms with Gasteiger partial charge in [-0.1, -0.05) is 17.7 Å². The lowest BCUT2D eigenvalue weighted by atomic mass is 10.3. The minimum atomic E-state index is -0.472. The zero-order valence-corrected chi connectivity index (χ0v) is 11.1. The molecule has 0 aliphatic heterocycles. The Morgan fingerprint density at radius 1 is 1.37 bits per heavy atom. The molecular weight excluding hydrogens is 268 g/mol. The summed E-state index contributed by atoms with van der Waals surface area (Å²) in [5.41, 5.74) is 0.754. The Kier molecular flexibility index (Phi) is 4.01. The van der Waals surface area contributed by atoms with Gasteiger partial charge < -0.3 is 10.6 Å². The Morgan fingerprint density at radius 3 is 2.84 bits per heavy atom. The first-order chi connectivity index (χ1) is 9.13. The van der Waals surface area contributed by atoms with Crippen molar-refractivity contribution >= 4 is 28.9 Å². The number of carbonyl (C=O) groups excluding carboxylic acids is 2. The van der Waals surface area contributed by atoms with Gasteiger partial charge in [0.15, 0.2) is 5.69 Å². The Morgan fingerprint density at radius 2 is 2.16 bits per heavy atom. The fraction of sp³-hybridized carbons (Fsp3) is 0.250. The SMILES string of the molecule is CCNC(=O)CNC(=O)c1nn2ccccc2c1Cl. The molecular formula is C12H13ClN4O2. The molecule has 2 aromatic rings. The lowest BCUT2D eigenvalue weighted by Gasteiger charge is -2.03. The summed E-state index contributed by atoms with van der Waals surface area (Å²) in [5, 5.41) is 9.40. The van der Waals surface area contributed by atoms with Crippen LogP contribution in [-0.4, -0.2) is 34.5 Å². The molecule has 0 unspecified atom stereocenters. The first-order valence-corrected chi connectivity index (χ1v) is 6.19. The maximum atomic E-state index is 11.9. The van der Waals surface area contributed by atoms with Crippen LogP contribution in [0.2, 0.25) is 5.02 Å². The Labute approximate surface area is 114 Å². The second kappa shape index (κ2) is 5.71. The van der Waals surface area contributed by atoms with Crippen LogP contribution in [0.25, 0.3) is 5.52 Å². The number of fused-ring (bicyclic) bond motifs is 1. The smallest absolute Gasteiger partial charge is 0.273 e. The van der Waals surface area contributed by atoms with E-state index in [9.17, 15) is 9.59 Å². The van der Waals surface area contributed by atoms with Crippen LogP contribution in [0.4, 0.5) is 0 Å². The number of nitrogens with one attached hydrogen (secondary N) is 2. The van der Waals surface area contributed by atoms with Crippen molar-refractivity contribution in [1.29, 1.82) is 0 Å². The van der Waals surface area contributed by atoms with Gasteiger partial charge in [-0.15, -0.1) is 0 Å². The lowest BCUT2D eigenvalue weighted by Crippen LogP contribution is -2.37. The third-order valence-corrected chi connectivity index (χ3v) is 2.85. The van der Waals surface area contributed by atoms with Gasteiger partial charge in [-0.05, 0) is 19.1 Å². The molecule has 0 aromatic carbocycles. The molecule has 2 rings (SSSR count). The lowest BCUT2D eigenvalue weighted by molar-refractivity contribution is -0.120. The average Bonchev–Trinajstić information content (AvgIpc) is 2.74. The molecule has 0 fully saturated rings. The number of hydrogen-bond donors (Lipinski definition) is 2. The van der Waals surface area contributed by atoms with Gasteiger partial charge in [-0.3, -0.25) is 9.59 Å². The van der Waals surface area contributed by atoms with Gasteiger partial charge >= 0.3 is 0 Å². The van der Waals surface area contributed by atoms with Gasteiger partial charge in [-0.2, -0.15) is 5.10 Å². The zero-order chi connectivity index (χ0) is 13.8. The molecule has 0 atom stereocenters. The number of nitrogens with zero attached hydrogens (tertiary/aromatic N) is 2. The number of likely N-dealkylation sites (N-methyl/N-ethyl adjacent to an activating group) is 1. The van der Waals surface area contributed by atoms with E-state index < -0.39 is 5.91 Å². The fourth-order valence-electron chi connectivity index (χ4n) is 1.62. The number of carbonyl (C=O) groups is 2. The van der Waals surface area contributed by atoms with E-state index in [0.29, 0.717) is 12.1 Å². The summed E-state index contributed by atoms with van der Waals surface area (Å²) >= 11 is 6.08. The number of pyridine rings is 1. The molecule has 0 bridgehead atoms. The highest BCUT2D eigenvalue weighted by atomic mass is 35.5. The Balaban J connectivity index is 2.13. The van der Waals surface area contributed by atoms with Crippen molar-refractivity contribution < 1.29 is 9.59 Å². The summed E-state index contributed by atoms with van der Waals surface area (Å²) in [6, 6.07) is 5.35. The van der Waals surface area contributed by atoms with E-state index in [2.05, 4.69) is 15.7 Å². The first-order valence-electron chi connectivity index (χ1n) is 5.81. The van der Waals surface area contributed by atoms with Crippen molar-refractivity contribution in [2.75, 3.05) is 13.1 Å². The molecule has 0 radical (unpaired) electrons. The molecule has 2 amide bonds. The molecule has 0 aliphatic rings. The van der Waals surface area contributed by atoms with E-state index in [0.717, 1.165) is 0 Å². The van der Waals surface area contributed by atoms with Crippen molar-refractivity contribution in [3.05, 3.63) is 35.1 Å². The quantitative estimate of drug-likeness (QED) is 0.872. The number of halogens is 1. The summed E-state index contributed by atoms with van der Waals surface area (Å²) < 4.78 is 1.52. The van der Waals surface area contributed by atoms with Crippen molar-refractivity contribution in [3.8, 4) is 0 Å². The minimum Gasteiger partial charge on any atom is -0.355 e. The third kappa shape index (κ3) is 2.85. The summed E-state index contributed by atoms with van der Waals surface area (Å²) in [7, 11) is 0. The van der Waals surface area contributed by atoms with E-state index in [-0.39, 0.29) is 23.2 Å². The standard InChI is InChI=1S/C12H13ClN4O2/c1-2-14-9(18)7-15-12(19)11-10(13)8-5-3-4-6-17(8)16-11/h3-6H,2,7H2,1H3,(H,14,18)(H,15,19). The van der Waals surface area contributed by atoms with Gasteiger partial charge in [0, 0.05) is 12.7 Å². The highest BCUT2D eigenvalue weighted by Crippen LogP contribution is 2.21. The predicted octanol–water partition coefficient (Wildman–Crippen LogP) is 0.854. The van der Waals surface area contributed by atoms with Crippen LogP contribution >= 0.6 is 11.6 Å². The van der Waals surface area contributed by atoms with Gasteiger partial charge in [0.25, 0.3) is 5.91 Å². The second-order valence-electron chi connectivity index (χ2n) is 3.83. The van der Waals surface area contributed by atoms with Crippen molar-refractivity contribution in [3.63, 3.8) is 0 Å². The van der Waals surface area contributed by atoms with Gasteiger partial charge in [0.2, 0.25) is 5.91 Å². The molecule has 2 N–H and O–H groups in total. The van der Waals surface area contributed by atoms with Crippen LogP contribution in [0.5, 0.6) is 0 Å². The number of rotatable bonds is 4. The second-order valence-corrected chi connectivity index (χ2v) is 4.21. The van der Waals surface area contributed by atoms with Gasteiger partial charge in [0.1, 0.15) is 0 Å². The van der Waals surface area contributed by atoms with E-state index in [4.69, 9.17) is 11.6 Å². The molecule has 2 aromatic heterocycles. The first kappa shape index (κ1) is 13.4. The molecule has 0 aliphatic carbocycles. The number of amides is 2. The Bertz CT molecular complexity index is 623.